The molecule has 0 spiro atoms. The number of aromatic nitrogens is 4. The zero-order chi connectivity index (χ0) is 18.3. The second-order valence-corrected chi connectivity index (χ2v) is 5.49. The van der Waals surface area contributed by atoms with Crippen LogP contribution in [0.4, 0.5) is 5.95 Å². The Kier molecular flexibility index (Phi) is 3.79. The molecule has 3 aromatic rings. The number of aryl methyl sites for hydroxylation is 2. The van der Waals surface area contributed by atoms with E-state index in [4.69, 9.17) is 0 Å². The molecule has 0 amide bonds. The van der Waals surface area contributed by atoms with Crippen LogP contribution in [-0.4, -0.2) is 35.1 Å². The third-order valence-electron chi connectivity index (χ3n) is 3.85. The van der Waals surface area contributed by atoms with Crippen molar-refractivity contribution in [2.24, 2.45) is 26.2 Å². The van der Waals surface area contributed by atoms with Gasteiger partial charge >= 0.3 is 5.69 Å². The van der Waals surface area contributed by atoms with E-state index in [0.717, 1.165) is 4.57 Å². The van der Waals surface area contributed by atoms with Crippen molar-refractivity contribution in [2.45, 2.75) is 0 Å². The summed E-state index contributed by atoms with van der Waals surface area (Å²) in [7, 11) is 4.56. The van der Waals surface area contributed by atoms with E-state index >= 15 is 0 Å². The quantitative estimate of drug-likeness (QED) is 0.344. The summed E-state index contributed by atoms with van der Waals surface area (Å²) in [5.74, 6) is -0.213. The van der Waals surface area contributed by atoms with Crippen molar-refractivity contribution in [3.05, 3.63) is 44.6 Å². The van der Waals surface area contributed by atoms with E-state index in [2.05, 4.69) is 15.5 Å². The predicted octanol–water partition coefficient (Wildman–Crippen LogP) is -0.172. The number of imidazole rings is 1. The fourth-order valence-electron chi connectivity index (χ4n) is 2.40. The molecule has 10 nitrogen and oxygen atoms in total. The molecule has 3 rings (SSSR count). The van der Waals surface area contributed by atoms with Gasteiger partial charge < -0.3 is 14.8 Å². The monoisotopic (exact) mass is 344 g/mol. The summed E-state index contributed by atoms with van der Waals surface area (Å²) < 4.78 is 3.79. The second kappa shape index (κ2) is 5.82. The van der Waals surface area contributed by atoms with Crippen LogP contribution in [-0.2, 0) is 21.1 Å². The van der Waals surface area contributed by atoms with Crippen LogP contribution in [0.1, 0.15) is 5.56 Å². The number of phenolic OH excluding ortho intramolecular Hbond substituents is 2. The summed E-state index contributed by atoms with van der Waals surface area (Å²) in [5, 5.41) is 22.7. The smallest absolute Gasteiger partial charge is 0.332 e. The molecule has 0 aliphatic rings. The molecule has 0 fully saturated rings. The average Bonchev–Trinajstić information content (AvgIpc) is 2.91. The van der Waals surface area contributed by atoms with Crippen LogP contribution < -0.4 is 16.7 Å². The van der Waals surface area contributed by atoms with Crippen LogP contribution in [0.2, 0.25) is 0 Å². The van der Waals surface area contributed by atoms with Gasteiger partial charge in [0, 0.05) is 21.1 Å². The number of nitrogens with zero attached hydrogens (tertiary/aromatic N) is 5. The van der Waals surface area contributed by atoms with Gasteiger partial charge in [0.2, 0.25) is 5.95 Å². The summed E-state index contributed by atoms with van der Waals surface area (Å²) in [4.78, 5) is 28.5. The van der Waals surface area contributed by atoms with Gasteiger partial charge in [-0.25, -0.2) is 10.2 Å². The Morgan fingerprint density at radius 2 is 1.80 bits per heavy atom. The van der Waals surface area contributed by atoms with Crippen molar-refractivity contribution < 1.29 is 10.2 Å². The van der Waals surface area contributed by atoms with Crippen LogP contribution in [0.15, 0.2) is 32.9 Å². The van der Waals surface area contributed by atoms with Crippen LogP contribution in [0.3, 0.4) is 0 Å². The minimum Gasteiger partial charge on any atom is -0.504 e. The maximum atomic E-state index is 12.3. The van der Waals surface area contributed by atoms with E-state index in [-0.39, 0.29) is 28.6 Å². The highest BCUT2D eigenvalue weighted by molar-refractivity contribution is 5.81. The highest BCUT2D eigenvalue weighted by atomic mass is 16.3. The molecule has 0 unspecified atom stereocenters. The number of benzene rings is 1. The molecule has 0 saturated heterocycles. The van der Waals surface area contributed by atoms with Gasteiger partial charge in [-0.3, -0.25) is 13.9 Å². The number of anilines is 1. The molecule has 0 aliphatic carbocycles. The predicted molar refractivity (Wildman–Crippen MR) is 92.2 cm³/mol. The molecule has 0 aliphatic heterocycles. The van der Waals surface area contributed by atoms with Gasteiger partial charge in [0.25, 0.3) is 5.56 Å². The molecule has 0 bridgehead atoms. The van der Waals surface area contributed by atoms with E-state index in [1.165, 1.54) is 41.6 Å². The Morgan fingerprint density at radius 1 is 1.08 bits per heavy atom. The van der Waals surface area contributed by atoms with E-state index in [1.54, 1.807) is 13.1 Å². The van der Waals surface area contributed by atoms with Crippen molar-refractivity contribution in [2.75, 3.05) is 5.43 Å². The SMILES string of the molecule is Cn1c(=O)c2c(nc(NN=Cc3ccc(O)c(O)c3)n2C)n(C)c1=O. The molecular weight excluding hydrogens is 328 g/mol. The normalized spacial score (nSPS) is 11.5. The number of hydrazone groups is 1. The number of hydrogen-bond acceptors (Lipinski definition) is 7. The number of hydrogen-bond donors (Lipinski definition) is 3. The van der Waals surface area contributed by atoms with Crippen LogP contribution >= 0.6 is 0 Å². The maximum absolute atomic E-state index is 12.3. The summed E-state index contributed by atoms with van der Waals surface area (Å²) >= 11 is 0. The van der Waals surface area contributed by atoms with Crippen molar-refractivity contribution in [1.82, 2.24) is 18.7 Å². The Labute approximate surface area is 140 Å². The largest absolute Gasteiger partial charge is 0.504 e. The second-order valence-electron chi connectivity index (χ2n) is 5.49. The third kappa shape index (κ3) is 2.63. The minimum absolute atomic E-state index is 0.225. The van der Waals surface area contributed by atoms with Gasteiger partial charge in [-0.1, -0.05) is 0 Å². The van der Waals surface area contributed by atoms with Gasteiger partial charge in [-0.05, 0) is 23.8 Å². The molecule has 3 N–H and O–H groups in total. The van der Waals surface area contributed by atoms with Gasteiger partial charge in [-0.2, -0.15) is 10.1 Å². The number of rotatable bonds is 3. The lowest BCUT2D eigenvalue weighted by atomic mass is 10.2. The van der Waals surface area contributed by atoms with Gasteiger partial charge in [-0.15, -0.1) is 0 Å². The first-order valence-corrected chi connectivity index (χ1v) is 7.24. The molecular formula is C15H16N6O4. The molecule has 0 radical (unpaired) electrons. The first-order valence-electron chi connectivity index (χ1n) is 7.24. The zero-order valence-corrected chi connectivity index (χ0v) is 13.8. The molecule has 10 heteroatoms. The van der Waals surface area contributed by atoms with Crippen molar-refractivity contribution >= 4 is 23.3 Å². The number of aromatic hydroxyl groups is 2. The van der Waals surface area contributed by atoms with Crippen molar-refractivity contribution in [3.8, 4) is 11.5 Å². The molecule has 1 aromatic carbocycles. The fourth-order valence-corrected chi connectivity index (χ4v) is 2.40. The van der Waals surface area contributed by atoms with E-state index in [1.807, 2.05) is 0 Å². The van der Waals surface area contributed by atoms with Crippen LogP contribution in [0, 0.1) is 0 Å². The standard InChI is InChI=1S/C15H16N6O4/c1-19-11-12(20(2)15(25)21(3)13(11)24)17-14(19)18-16-7-8-4-5-9(22)10(23)6-8/h4-7,22-23H,1-3H3,(H,17,18). The molecule has 0 saturated carbocycles. The molecule has 2 aromatic heterocycles. The van der Waals surface area contributed by atoms with Gasteiger partial charge in [0.1, 0.15) is 0 Å². The lowest BCUT2D eigenvalue weighted by molar-refractivity contribution is 0.403. The Hall–Kier alpha value is -3.56. The summed E-state index contributed by atoms with van der Waals surface area (Å²) in [6.07, 6.45) is 1.41. The Balaban J connectivity index is 1.98. The Morgan fingerprint density at radius 3 is 2.48 bits per heavy atom. The number of fused-ring (bicyclic) bond motifs is 1. The average molecular weight is 344 g/mol. The Bertz CT molecular complexity index is 1120. The molecule has 0 atom stereocenters. The molecule has 130 valence electrons. The van der Waals surface area contributed by atoms with Crippen LogP contribution in [0.25, 0.3) is 11.2 Å². The topological polar surface area (TPSA) is 127 Å². The number of nitrogens with one attached hydrogen (secondary N) is 1. The first-order chi connectivity index (χ1) is 11.8. The van der Waals surface area contributed by atoms with E-state index in [0.29, 0.717) is 5.56 Å². The fraction of sp³-hybridized carbons (Fsp3) is 0.200. The van der Waals surface area contributed by atoms with Gasteiger partial charge in [0.05, 0.1) is 6.21 Å². The lowest BCUT2D eigenvalue weighted by Crippen LogP contribution is -2.37. The first kappa shape index (κ1) is 16.3. The highest BCUT2D eigenvalue weighted by Crippen LogP contribution is 2.24. The summed E-state index contributed by atoms with van der Waals surface area (Å²) in [5.41, 5.74) is 2.83. The zero-order valence-electron chi connectivity index (χ0n) is 13.8. The summed E-state index contributed by atoms with van der Waals surface area (Å²) in [6.45, 7) is 0. The molecule has 25 heavy (non-hydrogen) atoms. The van der Waals surface area contributed by atoms with Gasteiger partial charge in [0.15, 0.2) is 22.7 Å². The highest BCUT2D eigenvalue weighted by Gasteiger charge is 2.16. The van der Waals surface area contributed by atoms with Crippen molar-refractivity contribution in [3.63, 3.8) is 0 Å². The summed E-state index contributed by atoms with van der Waals surface area (Å²) in [6, 6.07) is 4.24. The lowest BCUT2D eigenvalue weighted by Gasteiger charge is -2.03. The number of phenols is 2. The molecule has 2 heterocycles. The van der Waals surface area contributed by atoms with E-state index in [9.17, 15) is 19.8 Å². The van der Waals surface area contributed by atoms with Crippen molar-refractivity contribution in [1.29, 1.82) is 0 Å². The van der Waals surface area contributed by atoms with E-state index < -0.39 is 11.2 Å². The maximum Gasteiger partial charge on any atom is 0.332 e. The minimum atomic E-state index is -0.467. The van der Waals surface area contributed by atoms with Crippen LogP contribution in [0.5, 0.6) is 11.5 Å². The third-order valence-corrected chi connectivity index (χ3v) is 3.85.